The molecule has 0 aromatic rings. The van der Waals surface area contributed by atoms with Crippen molar-refractivity contribution in [2.75, 3.05) is 13.2 Å². The number of esters is 1. The van der Waals surface area contributed by atoms with Crippen LogP contribution in [0.25, 0.3) is 0 Å². The van der Waals surface area contributed by atoms with Gasteiger partial charge in [0.25, 0.3) is 0 Å². The number of hydrogen-bond donors (Lipinski definition) is 13. The van der Waals surface area contributed by atoms with E-state index in [0.717, 1.165) is 0 Å². The van der Waals surface area contributed by atoms with Gasteiger partial charge in [0.2, 0.25) is 5.91 Å². The van der Waals surface area contributed by atoms with E-state index in [2.05, 4.69) is 5.32 Å². The fourth-order valence-corrected chi connectivity index (χ4v) is 7.88. The van der Waals surface area contributed by atoms with Crippen LogP contribution in [0.1, 0.15) is 78.6 Å². The molecule has 67 heavy (non-hydrogen) atoms. The van der Waals surface area contributed by atoms with Gasteiger partial charge in [-0.25, -0.2) is 0 Å². The molecule has 2 fully saturated rings. The molecule has 3 aliphatic rings. The van der Waals surface area contributed by atoms with Crippen LogP contribution in [0.3, 0.4) is 0 Å². The van der Waals surface area contributed by atoms with E-state index in [1.165, 1.54) is 6.92 Å². The van der Waals surface area contributed by atoms with Crippen LogP contribution >= 0.6 is 0 Å². The lowest BCUT2D eigenvalue weighted by molar-refractivity contribution is -0.304. The number of nitrogens with one attached hydrogen (secondary N) is 1. The summed E-state index contributed by atoms with van der Waals surface area (Å²) in [6.45, 7) is 4.46. The smallest absolute Gasteiger partial charge is 0.308 e. The van der Waals surface area contributed by atoms with Crippen LogP contribution in [0.2, 0.25) is 0 Å². The Kier molecular flexibility index (Phi) is 25.5. The number of fused-ring (bicyclic) bond motifs is 2. The van der Waals surface area contributed by atoms with E-state index in [1.54, 1.807) is 73.8 Å². The first-order valence-corrected chi connectivity index (χ1v) is 23.1. The number of carbonyl (C=O) groups is 2. The zero-order chi connectivity index (χ0) is 49.7. The predicted octanol–water partition coefficient (Wildman–Crippen LogP) is -0.510. The number of nitrogens with two attached hydrogens (primary N) is 1. The Balaban J connectivity index is 1.89. The second kappa shape index (κ2) is 29.5. The fourth-order valence-electron chi connectivity index (χ4n) is 7.88. The minimum absolute atomic E-state index is 0.101. The molecule has 14 N–H and O–H groups in total. The van der Waals surface area contributed by atoms with Crippen molar-refractivity contribution in [1.29, 1.82) is 0 Å². The Morgan fingerprint density at radius 2 is 1.34 bits per heavy atom. The van der Waals surface area contributed by atoms with E-state index in [1.807, 2.05) is 25.2 Å². The molecule has 380 valence electrons. The molecule has 18 atom stereocenters. The first kappa shape index (κ1) is 57.8. The van der Waals surface area contributed by atoms with Crippen molar-refractivity contribution in [3.8, 4) is 0 Å². The van der Waals surface area contributed by atoms with Crippen LogP contribution in [-0.2, 0) is 28.5 Å². The first-order valence-electron chi connectivity index (χ1n) is 23.1. The number of allylic oxidation sites excluding steroid dienone is 12. The van der Waals surface area contributed by atoms with Crippen LogP contribution in [0.15, 0.2) is 85.1 Å². The molecule has 1 amide bonds. The van der Waals surface area contributed by atoms with Gasteiger partial charge in [-0.05, 0) is 33.1 Å². The minimum atomic E-state index is -2.30. The van der Waals surface area contributed by atoms with Gasteiger partial charge < -0.3 is 86.2 Å². The molecule has 19 heteroatoms. The Hall–Kier alpha value is -3.48. The summed E-state index contributed by atoms with van der Waals surface area (Å²) in [5.74, 6) is -5.35. The molecular formula is C48H76N2O17. The van der Waals surface area contributed by atoms with Gasteiger partial charge in [-0.1, -0.05) is 92.0 Å². The molecule has 3 aliphatic heterocycles. The van der Waals surface area contributed by atoms with Crippen LogP contribution in [0.5, 0.6) is 0 Å². The average Bonchev–Trinajstić information content (AvgIpc) is 3.23. The number of amides is 1. The fraction of sp³-hybridized carbons (Fsp3) is 0.667. The number of hydrogen-bond acceptors (Lipinski definition) is 18. The van der Waals surface area contributed by atoms with E-state index in [9.17, 15) is 65.8 Å². The molecule has 3 heterocycles. The lowest BCUT2D eigenvalue weighted by Gasteiger charge is -2.45. The van der Waals surface area contributed by atoms with Gasteiger partial charge >= 0.3 is 5.97 Å². The molecule has 7 unspecified atom stereocenters. The topological polar surface area (TPSA) is 332 Å². The van der Waals surface area contributed by atoms with E-state index >= 15 is 0 Å². The van der Waals surface area contributed by atoms with Gasteiger partial charge in [-0.3, -0.25) is 9.59 Å². The summed E-state index contributed by atoms with van der Waals surface area (Å²) >= 11 is 0. The number of carbonyl (C=O) groups excluding carboxylic acids is 2. The summed E-state index contributed by atoms with van der Waals surface area (Å²) in [4.78, 5) is 26.0. The Labute approximate surface area is 392 Å². The van der Waals surface area contributed by atoms with Gasteiger partial charge in [0.1, 0.15) is 12.2 Å². The number of aliphatic hydroxyl groups excluding tert-OH is 10. The lowest BCUT2D eigenvalue weighted by Crippen LogP contribution is -2.59. The van der Waals surface area contributed by atoms with Crippen molar-refractivity contribution in [1.82, 2.24) is 5.32 Å². The van der Waals surface area contributed by atoms with Gasteiger partial charge in [0.15, 0.2) is 12.1 Å². The predicted molar refractivity (Wildman–Crippen MR) is 245 cm³/mol. The number of rotatable bonds is 5. The quantitative estimate of drug-likeness (QED) is 0.154. The van der Waals surface area contributed by atoms with Gasteiger partial charge in [-0.15, -0.1) is 0 Å². The van der Waals surface area contributed by atoms with Crippen LogP contribution < -0.4 is 11.1 Å². The lowest BCUT2D eigenvalue weighted by atomic mass is 9.82. The Bertz CT molecular complexity index is 1690. The highest BCUT2D eigenvalue weighted by Crippen LogP contribution is 2.38. The Morgan fingerprint density at radius 3 is 1.96 bits per heavy atom. The van der Waals surface area contributed by atoms with Gasteiger partial charge in [0, 0.05) is 44.6 Å². The van der Waals surface area contributed by atoms with Gasteiger partial charge in [-0.2, -0.15) is 0 Å². The first-order chi connectivity index (χ1) is 31.7. The molecular weight excluding hydrogens is 877 g/mol. The summed E-state index contributed by atoms with van der Waals surface area (Å²) in [5, 5.41) is 121. The highest BCUT2D eigenvalue weighted by atomic mass is 16.7. The standard InChI is InChI=1S/C48H76N2O17/c1-29-16-14-12-10-8-6-4-5-7-9-11-13-15-17-35(66-47-45(61)44(49)40(59)28-64-47)24-41-43(46(62)50-27-30(2)51)39(58)26-48(63,67-41)25-34(54)22-38(57)36(55)19-18-32(52)21-33(53)23-42(60)65-31(3)20-37(29)56/h4-17,29-41,43-45,47,51-59,61,63H,18-28,49H2,1-3H3,(H,50,62)/b5-4+,8-6+,9-7+,12-10+,13-11+,16-14+,17-15+/t29-,30+,31-,32?,33?,34?,35?,36+,37-,38?,39-,40+,41-,43?,44-,45-,47-,48?/m0/s1. The summed E-state index contributed by atoms with van der Waals surface area (Å²) in [5.41, 5.74) is 5.98. The second-order valence-corrected chi connectivity index (χ2v) is 18.0. The van der Waals surface area contributed by atoms with E-state index < -0.39 is 141 Å². The minimum Gasteiger partial charge on any atom is -0.462 e. The molecule has 0 saturated carbocycles. The molecule has 0 spiro atoms. The number of cyclic esters (lactones) is 1. The normalized spacial score (nSPS) is 42.7. The molecule has 3 rings (SSSR count). The molecule has 0 aromatic heterocycles. The molecule has 2 bridgehead atoms. The second-order valence-electron chi connectivity index (χ2n) is 18.0. The Morgan fingerprint density at radius 1 is 0.746 bits per heavy atom. The third kappa shape index (κ3) is 21.4. The van der Waals surface area contributed by atoms with Crippen LogP contribution in [-0.4, -0.2) is 179 Å². The molecule has 0 radical (unpaired) electrons. The van der Waals surface area contributed by atoms with Crippen LogP contribution in [0, 0.1) is 11.8 Å². The largest absolute Gasteiger partial charge is 0.462 e. The monoisotopic (exact) mass is 953 g/mol. The zero-order valence-corrected chi connectivity index (χ0v) is 38.6. The van der Waals surface area contributed by atoms with E-state index in [-0.39, 0.29) is 51.2 Å². The maximum atomic E-state index is 13.5. The van der Waals surface area contributed by atoms with Gasteiger partial charge in [0.05, 0.1) is 92.1 Å². The van der Waals surface area contributed by atoms with E-state index in [0.29, 0.717) is 0 Å². The number of aliphatic hydroxyl groups is 11. The highest BCUT2D eigenvalue weighted by Gasteiger charge is 2.50. The third-order valence-electron chi connectivity index (χ3n) is 11.6. The average molecular weight is 953 g/mol. The van der Waals surface area contributed by atoms with Crippen molar-refractivity contribution in [3.63, 3.8) is 0 Å². The molecule has 19 nitrogen and oxygen atoms in total. The summed E-state index contributed by atoms with van der Waals surface area (Å²) in [6, 6.07) is -1.12. The molecule has 2 saturated heterocycles. The molecule has 0 aromatic carbocycles. The molecule has 0 aliphatic carbocycles. The van der Waals surface area contributed by atoms with Crippen molar-refractivity contribution < 1.29 is 84.7 Å². The maximum absolute atomic E-state index is 13.5. The van der Waals surface area contributed by atoms with Crippen molar-refractivity contribution in [2.45, 2.75) is 176 Å². The maximum Gasteiger partial charge on any atom is 0.308 e. The van der Waals surface area contributed by atoms with Crippen LogP contribution in [0.4, 0.5) is 0 Å². The SMILES string of the molecule is C[C@@H](O)CNC(=O)C1[C@@H]2CC(O[C@@H]3OC[C@@H](O)[C@H](N)[C@@H]3O)/C=C/C=C/C=C/C=C/C=C/C=C/C=C/[C@H](C)[C@@H](O)C[C@H](C)OC(=O)CC(O)CC(O)CC[C@@H](O)C(O)CC(O)CC(O)(C[C@@H]1O)O2. The number of ether oxygens (including phenoxy) is 4. The summed E-state index contributed by atoms with van der Waals surface area (Å²) in [6.07, 6.45) is 4.32. The summed E-state index contributed by atoms with van der Waals surface area (Å²) in [7, 11) is 0. The van der Waals surface area contributed by atoms with Crippen molar-refractivity contribution in [3.05, 3.63) is 85.1 Å². The van der Waals surface area contributed by atoms with Crippen molar-refractivity contribution in [2.24, 2.45) is 17.6 Å². The van der Waals surface area contributed by atoms with Crippen molar-refractivity contribution >= 4 is 11.9 Å². The third-order valence-corrected chi connectivity index (χ3v) is 11.6. The summed E-state index contributed by atoms with van der Waals surface area (Å²) < 4.78 is 23.1. The highest BCUT2D eigenvalue weighted by molar-refractivity contribution is 5.80. The zero-order valence-electron chi connectivity index (χ0n) is 38.6. The van der Waals surface area contributed by atoms with E-state index in [4.69, 9.17) is 24.7 Å².